The number of para-hydroxylation sites is 1. The van der Waals surface area contributed by atoms with Crippen molar-refractivity contribution >= 4 is 17.7 Å². The number of carboxylic acid groups (broad SMARTS) is 1. The van der Waals surface area contributed by atoms with Gasteiger partial charge in [-0.05, 0) is 29.8 Å². The Balaban J connectivity index is 1.85. The number of nitrogens with one attached hydrogen (secondary N) is 1. The quantitative estimate of drug-likeness (QED) is 0.720. The van der Waals surface area contributed by atoms with Gasteiger partial charge in [0.05, 0.1) is 18.2 Å². The molecule has 2 aromatic carbocycles. The third-order valence-electron chi connectivity index (χ3n) is 3.65. The van der Waals surface area contributed by atoms with E-state index in [1.165, 1.54) is 19.2 Å². The highest BCUT2D eigenvalue weighted by molar-refractivity contribution is 6.00. The summed E-state index contributed by atoms with van der Waals surface area (Å²) in [6.45, 7) is 0.211. The largest absolute Gasteiger partial charge is 0.496 e. The lowest BCUT2D eigenvalue weighted by Gasteiger charge is -2.08. The molecule has 0 aliphatic carbocycles. The van der Waals surface area contributed by atoms with Gasteiger partial charge in [-0.1, -0.05) is 24.3 Å². The molecule has 0 unspecified atom stereocenters. The van der Waals surface area contributed by atoms with E-state index in [1.54, 1.807) is 36.4 Å². The summed E-state index contributed by atoms with van der Waals surface area (Å²) < 4.78 is 5.14. The van der Waals surface area contributed by atoms with Gasteiger partial charge in [0.1, 0.15) is 5.75 Å². The van der Waals surface area contributed by atoms with Gasteiger partial charge in [-0.15, -0.1) is 0 Å². The van der Waals surface area contributed by atoms with Gasteiger partial charge in [0, 0.05) is 19.4 Å². The summed E-state index contributed by atoms with van der Waals surface area (Å²) in [6.07, 6.45) is 0.122. The van der Waals surface area contributed by atoms with Crippen LogP contribution in [0.2, 0.25) is 0 Å². The second-order valence-corrected chi connectivity index (χ2v) is 5.41. The summed E-state index contributed by atoms with van der Waals surface area (Å²) in [4.78, 5) is 35.0. The van der Waals surface area contributed by atoms with Gasteiger partial charge in [0.15, 0.2) is 5.78 Å². The van der Waals surface area contributed by atoms with Crippen molar-refractivity contribution in [2.24, 2.45) is 0 Å². The Morgan fingerprint density at radius 2 is 1.80 bits per heavy atom. The molecule has 0 atom stereocenters. The molecule has 25 heavy (non-hydrogen) atoms. The zero-order chi connectivity index (χ0) is 18.2. The highest BCUT2D eigenvalue weighted by Crippen LogP contribution is 2.19. The number of Topliss-reactive ketones (excluding diaryl/α,β-unsaturated/α-hetero) is 1. The summed E-state index contributed by atoms with van der Waals surface area (Å²) in [7, 11) is 1.49. The van der Waals surface area contributed by atoms with Crippen molar-refractivity contribution in [2.75, 3.05) is 7.11 Å². The Bertz CT molecular complexity index is 785. The van der Waals surface area contributed by atoms with Gasteiger partial charge in [-0.25, -0.2) is 4.79 Å². The molecule has 0 aliphatic rings. The first-order chi connectivity index (χ1) is 12.0. The normalized spacial score (nSPS) is 10.1. The highest BCUT2D eigenvalue weighted by atomic mass is 16.5. The smallest absolute Gasteiger partial charge is 0.335 e. The molecule has 0 aromatic heterocycles. The van der Waals surface area contributed by atoms with Crippen LogP contribution in [0.15, 0.2) is 48.5 Å². The SMILES string of the molecule is COc1ccccc1C(=O)CCC(=O)NCc1cccc(C(=O)O)c1. The molecule has 0 saturated heterocycles. The van der Waals surface area contributed by atoms with Crippen LogP contribution >= 0.6 is 0 Å². The number of aromatic carboxylic acids is 1. The Morgan fingerprint density at radius 3 is 2.52 bits per heavy atom. The zero-order valence-electron chi connectivity index (χ0n) is 13.8. The molecule has 2 aromatic rings. The van der Waals surface area contributed by atoms with E-state index in [0.717, 1.165) is 0 Å². The van der Waals surface area contributed by atoms with Crippen LogP contribution in [-0.4, -0.2) is 29.9 Å². The topological polar surface area (TPSA) is 92.7 Å². The van der Waals surface area contributed by atoms with E-state index >= 15 is 0 Å². The molecule has 6 heteroatoms. The fourth-order valence-electron chi connectivity index (χ4n) is 2.34. The maximum absolute atomic E-state index is 12.2. The third-order valence-corrected chi connectivity index (χ3v) is 3.65. The van der Waals surface area contributed by atoms with Crippen molar-refractivity contribution in [3.05, 3.63) is 65.2 Å². The summed E-state index contributed by atoms with van der Waals surface area (Å²) in [5.74, 6) is -0.974. The number of benzene rings is 2. The molecule has 0 fully saturated rings. The molecule has 2 rings (SSSR count). The first kappa shape index (κ1) is 18.2. The van der Waals surface area contributed by atoms with E-state index < -0.39 is 5.97 Å². The van der Waals surface area contributed by atoms with Crippen LogP contribution in [0.25, 0.3) is 0 Å². The molecule has 2 N–H and O–H groups in total. The molecule has 0 radical (unpaired) electrons. The van der Waals surface area contributed by atoms with E-state index in [2.05, 4.69) is 5.32 Å². The number of carboxylic acids is 1. The number of amides is 1. The second-order valence-electron chi connectivity index (χ2n) is 5.41. The Hall–Kier alpha value is -3.15. The predicted octanol–water partition coefficient (Wildman–Crippen LogP) is 2.67. The lowest BCUT2D eigenvalue weighted by Crippen LogP contribution is -2.23. The Labute approximate surface area is 145 Å². The first-order valence-corrected chi connectivity index (χ1v) is 7.76. The Morgan fingerprint density at radius 1 is 1.04 bits per heavy atom. The number of methoxy groups -OCH3 is 1. The fraction of sp³-hybridized carbons (Fsp3) is 0.211. The summed E-state index contributed by atoms with van der Waals surface area (Å²) in [5, 5.41) is 11.6. The van der Waals surface area contributed by atoms with Crippen molar-refractivity contribution in [2.45, 2.75) is 19.4 Å². The van der Waals surface area contributed by atoms with Gasteiger partial charge < -0.3 is 15.2 Å². The molecule has 0 spiro atoms. The van der Waals surface area contributed by atoms with Crippen LogP contribution in [0.4, 0.5) is 0 Å². The number of ether oxygens (including phenoxy) is 1. The number of hydrogen-bond donors (Lipinski definition) is 2. The fourth-order valence-corrected chi connectivity index (χ4v) is 2.34. The predicted molar refractivity (Wildman–Crippen MR) is 91.8 cm³/mol. The van der Waals surface area contributed by atoms with E-state index in [0.29, 0.717) is 16.9 Å². The number of rotatable bonds is 8. The molecule has 130 valence electrons. The van der Waals surface area contributed by atoms with Crippen LogP contribution in [0, 0.1) is 0 Å². The standard InChI is InChI=1S/C19H19NO5/c1-25-17-8-3-2-7-15(17)16(21)9-10-18(22)20-12-13-5-4-6-14(11-13)19(23)24/h2-8,11H,9-10,12H2,1H3,(H,20,22)(H,23,24). The number of carbonyl (C=O) groups excluding carboxylic acids is 2. The van der Waals surface area contributed by atoms with Crippen LogP contribution in [0.3, 0.4) is 0 Å². The van der Waals surface area contributed by atoms with Crippen LogP contribution < -0.4 is 10.1 Å². The van der Waals surface area contributed by atoms with Crippen molar-refractivity contribution < 1.29 is 24.2 Å². The minimum atomic E-state index is -1.02. The highest BCUT2D eigenvalue weighted by Gasteiger charge is 2.13. The third kappa shape index (κ3) is 5.17. The average molecular weight is 341 g/mol. The maximum Gasteiger partial charge on any atom is 0.335 e. The molecular formula is C19H19NO5. The molecule has 6 nitrogen and oxygen atoms in total. The van der Waals surface area contributed by atoms with Crippen molar-refractivity contribution in [3.8, 4) is 5.75 Å². The average Bonchev–Trinajstić information content (AvgIpc) is 2.64. The van der Waals surface area contributed by atoms with Crippen LogP contribution in [0.5, 0.6) is 5.75 Å². The molecule has 0 bridgehead atoms. The summed E-state index contributed by atoms with van der Waals surface area (Å²) >= 11 is 0. The first-order valence-electron chi connectivity index (χ1n) is 7.76. The van der Waals surface area contributed by atoms with Gasteiger partial charge >= 0.3 is 5.97 Å². The molecule has 0 aliphatic heterocycles. The summed E-state index contributed by atoms with van der Waals surface area (Å²) in [5.41, 5.74) is 1.30. The number of carbonyl (C=O) groups is 3. The maximum atomic E-state index is 12.2. The van der Waals surface area contributed by atoms with Crippen molar-refractivity contribution in [3.63, 3.8) is 0 Å². The van der Waals surface area contributed by atoms with Crippen molar-refractivity contribution in [1.82, 2.24) is 5.32 Å². The minimum Gasteiger partial charge on any atom is -0.496 e. The number of ketones is 1. The minimum absolute atomic E-state index is 0.0511. The van der Waals surface area contributed by atoms with E-state index in [-0.39, 0.29) is 36.6 Å². The molecule has 0 heterocycles. The lowest BCUT2D eigenvalue weighted by molar-refractivity contribution is -0.121. The van der Waals surface area contributed by atoms with Gasteiger partial charge in [-0.2, -0.15) is 0 Å². The van der Waals surface area contributed by atoms with E-state index in [9.17, 15) is 14.4 Å². The van der Waals surface area contributed by atoms with E-state index in [4.69, 9.17) is 9.84 Å². The molecule has 1 amide bonds. The second kappa shape index (κ2) is 8.63. The zero-order valence-corrected chi connectivity index (χ0v) is 13.8. The molecular weight excluding hydrogens is 322 g/mol. The van der Waals surface area contributed by atoms with Crippen LogP contribution in [-0.2, 0) is 11.3 Å². The lowest BCUT2D eigenvalue weighted by atomic mass is 10.1. The molecule has 0 saturated carbocycles. The van der Waals surface area contributed by atoms with E-state index in [1.807, 2.05) is 0 Å². The Kier molecular flexibility index (Phi) is 6.28. The van der Waals surface area contributed by atoms with Crippen molar-refractivity contribution in [1.29, 1.82) is 0 Å². The van der Waals surface area contributed by atoms with Gasteiger partial charge in [0.2, 0.25) is 5.91 Å². The van der Waals surface area contributed by atoms with Gasteiger partial charge in [0.25, 0.3) is 0 Å². The monoisotopic (exact) mass is 341 g/mol. The van der Waals surface area contributed by atoms with Gasteiger partial charge in [-0.3, -0.25) is 9.59 Å². The van der Waals surface area contributed by atoms with Crippen LogP contribution in [0.1, 0.15) is 39.1 Å². The number of hydrogen-bond acceptors (Lipinski definition) is 4. The summed E-state index contributed by atoms with van der Waals surface area (Å²) in [6, 6.07) is 13.2.